The minimum atomic E-state index is 0.530. The molecular formula is C22H26N6O. The number of benzene rings is 2. The van der Waals surface area contributed by atoms with Gasteiger partial charge >= 0.3 is 0 Å². The minimum absolute atomic E-state index is 0.530. The van der Waals surface area contributed by atoms with Gasteiger partial charge in [0, 0.05) is 31.5 Å². The van der Waals surface area contributed by atoms with Gasteiger partial charge in [0.2, 0.25) is 17.8 Å². The highest BCUT2D eigenvalue weighted by molar-refractivity contribution is 5.61. The Hall–Kier alpha value is -3.19. The summed E-state index contributed by atoms with van der Waals surface area (Å²) >= 11 is 0. The van der Waals surface area contributed by atoms with Crippen molar-refractivity contribution in [3.05, 3.63) is 59.7 Å². The molecule has 1 aliphatic rings. The Kier molecular flexibility index (Phi) is 5.57. The molecule has 2 heterocycles. The average Bonchev–Trinajstić information content (AvgIpc) is 2.77. The number of ether oxygens (including phenoxy) is 1. The van der Waals surface area contributed by atoms with Gasteiger partial charge in [-0.1, -0.05) is 24.3 Å². The summed E-state index contributed by atoms with van der Waals surface area (Å²) in [5.74, 6) is 1.79. The van der Waals surface area contributed by atoms with Crippen molar-refractivity contribution >= 4 is 29.2 Å². The first-order chi connectivity index (χ1) is 14.1. The molecule has 0 bridgehead atoms. The zero-order chi connectivity index (χ0) is 20.2. The molecule has 0 aliphatic carbocycles. The van der Waals surface area contributed by atoms with Crippen LogP contribution in [0.2, 0.25) is 0 Å². The van der Waals surface area contributed by atoms with Gasteiger partial charge in [-0.2, -0.15) is 15.0 Å². The summed E-state index contributed by atoms with van der Waals surface area (Å²) in [5, 5.41) is 3.35. The van der Waals surface area contributed by atoms with Gasteiger partial charge in [-0.25, -0.2) is 0 Å². The predicted molar refractivity (Wildman–Crippen MR) is 117 cm³/mol. The molecule has 150 valence electrons. The lowest BCUT2D eigenvalue weighted by atomic mass is 10.1. The lowest BCUT2D eigenvalue weighted by Crippen LogP contribution is -2.37. The molecule has 29 heavy (non-hydrogen) atoms. The Morgan fingerprint density at radius 1 is 0.931 bits per heavy atom. The minimum Gasteiger partial charge on any atom is -0.378 e. The van der Waals surface area contributed by atoms with Crippen molar-refractivity contribution in [2.45, 2.75) is 13.8 Å². The Morgan fingerprint density at radius 3 is 2.41 bits per heavy atom. The molecule has 0 saturated carbocycles. The van der Waals surface area contributed by atoms with E-state index in [9.17, 15) is 0 Å². The summed E-state index contributed by atoms with van der Waals surface area (Å²) in [7, 11) is 1.97. The van der Waals surface area contributed by atoms with Crippen molar-refractivity contribution in [3.63, 3.8) is 0 Å². The number of para-hydroxylation sites is 1. The van der Waals surface area contributed by atoms with Gasteiger partial charge in [-0.15, -0.1) is 0 Å². The first-order valence-corrected chi connectivity index (χ1v) is 9.82. The van der Waals surface area contributed by atoms with E-state index in [1.54, 1.807) is 0 Å². The van der Waals surface area contributed by atoms with E-state index in [4.69, 9.17) is 14.7 Å². The Bertz CT molecular complexity index is 972. The van der Waals surface area contributed by atoms with Crippen LogP contribution in [0.4, 0.5) is 29.2 Å². The van der Waals surface area contributed by atoms with Crippen LogP contribution in [0.3, 0.4) is 0 Å². The summed E-state index contributed by atoms with van der Waals surface area (Å²) in [5.41, 5.74) is 4.45. The van der Waals surface area contributed by atoms with E-state index in [2.05, 4.69) is 41.2 Å². The quantitative estimate of drug-likeness (QED) is 0.710. The lowest BCUT2D eigenvalue weighted by molar-refractivity contribution is 0.122. The van der Waals surface area contributed by atoms with Crippen LogP contribution in [-0.2, 0) is 4.74 Å². The third-order valence-corrected chi connectivity index (χ3v) is 5.11. The van der Waals surface area contributed by atoms with Crippen molar-refractivity contribution in [2.24, 2.45) is 0 Å². The van der Waals surface area contributed by atoms with Crippen molar-refractivity contribution in [3.8, 4) is 0 Å². The third kappa shape index (κ3) is 4.46. The van der Waals surface area contributed by atoms with E-state index in [1.807, 2.05) is 48.3 Å². The van der Waals surface area contributed by atoms with Gasteiger partial charge in [0.1, 0.15) is 0 Å². The number of aromatic nitrogens is 3. The Morgan fingerprint density at radius 2 is 1.69 bits per heavy atom. The number of aryl methyl sites for hydroxylation is 2. The summed E-state index contributed by atoms with van der Waals surface area (Å²) in [6, 6.07) is 16.3. The fraction of sp³-hybridized carbons (Fsp3) is 0.318. The average molecular weight is 390 g/mol. The number of nitrogens with one attached hydrogen (secondary N) is 1. The zero-order valence-corrected chi connectivity index (χ0v) is 17.1. The molecule has 1 fully saturated rings. The molecule has 1 saturated heterocycles. The standard InChI is InChI=1S/C22H26N6O/c1-16-9-10-18(15-17(16)2)23-20-24-21(27(3)19-7-5-4-6-8-19)26-22(25-20)28-11-13-29-14-12-28/h4-10,15H,11-14H2,1-3H3,(H,23,24,25,26). The van der Waals surface area contributed by atoms with E-state index in [0.29, 0.717) is 31.1 Å². The van der Waals surface area contributed by atoms with Crippen LogP contribution in [0, 0.1) is 13.8 Å². The van der Waals surface area contributed by atoms with Crippen LogP contribution in [0.5, 0.6) is 0 Å². The van der Waals surface area contributed by atoms with Gasteiger partial charge in [0.15, 0.2) is 0 Å². The molecule has 7 nitrogen and oxygen atoms in total. The fourth-order valence-electron chi connectivity index (χ4n) is 3.18. The number of rotatable bonds is 5. The second-order valence-electron chi connectivity index (χ2n) is 7.18. The first-order valence-electron chi connectivity index (χ1n) is 9.82. The molecule has 1 aromatic heterocycles. The zero-order valence-electron chi connectivity index (χ0n) is 17.1. The summed E-state index contributed by atoms with van der Waals surface area (Å²) in [6.45, 7) is 7.08. The van der Waals surface area contributed by atoms with E-state index in [0.717, 1.165) is 24.5 Å². The molecule has 0 radical (unpaired) electrons. The molecule has 1 N–H and O–H groups in total. The Labute approximate surface area is 171 Å². The van der Waals surface area contributed by atoms with Gasteiger partial charge < -0.3 is 19.9 Å². The molecule has 7 heteroatoms. The smallest absolute Gasteiger partial charge is 0.236 e. The Balaban J connectivity index is 1.70. The van der Waals surface area contributed by atoms with E-state index < -0.39 is 0 Å². The highest BCUT2D eigenvalue weighted by Crippen LogP contribution is 2.25. The SMILES string of the molecule is Cc1ccc(Nc2nc(N3CCOCC3)nc(N(C)c3ccccc3)n2)cc1C. The van der Waals surface area contributed by atoms with Crippen molar-refractivity contribution in [1.29, 1.82) is 0 Å². The maximum absolute atomic E-state index is 5.48. The first kappa shape index (κ1) is 19.1. The number of nitrogens with zero attached hydrogens (tertiary/aromatic N) is 5. The van der Waals surface area contributed by atoms with Crippen LogP contribution in [0.15, 0.2) is 48.5 Å². The highest BCUT2D eigenvalue weighted by atomic mass is 16.5. The van der Waals surface area contributed by atoms with Crippen LogP contribution < -0.4 is 15.1 Å². The molecule has 0 spiro atoms. The van der Waals surface area contributed by atoms with Crippen LogP contribution >= 0.6 is 0 Å². The maximum atomic E-state index is 5.48. The molecule has 2 aromatic carbocycles. The van der Waals surface area contributed by atoms with Crippen LogP contribution in [-0.4, -0.2) is 48.3 Å². The van der Waals surface area contributed by atoms with Crippen LogP contribution in [0.1, 0.15) is 11.1 Å². The summed E-state index contributed by atoms with van der Waals surface area (Å²) in [6.07, 6.45) is 0. The lowest BCUT2D eigenvalue weighted by Gasteiger charge is -2.28. The third-order valence-electron chi connectivity index (χ3n) is 5.11. The van der Waals surface area contributed by atoms with E-state index >= 15 is 0 Å². The number of morpholine rings is 1. The predicted octanol–water partition coefficient (Wildman–Crippen LogP) is 3.84. The van der Waals surface area contributed by atoms with Crippen molar-refractivity contribution in [2.75, 3.05) is 48.5 Å². The summed E-state index contributed by atoms with van der Waals surface area (Å²) < 4.78 is 5.48. The van der Waals surface area contributed by atoms with Gasteiger partial charge in [0.05, 0.1) is 13.2 Å². The van der Waals surface area contributed by atoms with Gasteiger partial charge in [-0.3, -0.25) is 0 Å². The van der Waals surface area contributed by atoms with Crippen LogP contribution in [0.25, 0.3) is 0 Å². The monoisotopic (exact) mass is 390 g/mol. The molecule has 1 aliphatic heterocycles. The largest absolute Gasteiger partial charge is 0.378 e. The molecule has 0 atom stereocenters. The molecule has 0 unspecified atom stereocenters. The van der Waals surface area contributed by atoms with E-state index in [1.165, 1.54) is 11.1 Å². The summed E-state index contributed by atoms with van der Waals surface area (Å²) in [4.78, 5) is 18.2. The number of hydrogen-bond donors (Lipinski definition) is 1. The van der Waals surface area contributed by atoms with E-state index in [-0.39, 0.29) is 0 Å². The van der Waals surface area contributed by atoms with Gasteiger partial charge in [0.25, 0.3) is 0 Å². The van der Waals surface area contributed by atoms with Crippen molar-refractivity contribution in [1.82, 2.24) is 15.0 Å². The molecule has 4 rings (SSSR count). The second-order valence-corrected chi connectivity index (χ2v) is 7.18. The molecule has 0 amide bonds. The molecular weight excluding hydrogens is 364 g/mol. The highest BCUT2D eigenvalue weighted by Gasteiger charge is 2.18. The van der Waals surface area contributed by atoms with Gasteiger partial charge in [-0.05, 0) is 49.2 Å². The molecule has 3 aromatic rings. The normalized spacial score (nSPS) is 14.0. The second kappa shape index (κ2) is 8.45. The number of hydrogen-bond acceptors (Lipinski definition) is 7. The maximum Gasteiger partial charge on any atom is 0.236 e. The number of anilines is 5. The fourth-order valence-corrected chi connectivity index (χ4v) is 3.18. The van der Waals surface area contributed by atoms with Crippen molar-refractivity contribution < 1.29 is 4.74 Å². The topological polar surface area (TPSA) is 66.4 Å².